The maximum absolute atomic E-state index is 11.0. The molecule has 0 fully saturated rings. The molecule has 0 aliphatic heterocycles. The first-order valence-corrected chi connectivity index (χ1v) is 3.97. The van der Waals surface area contributed by atoms with E-state index in [2.05, 4.69) is 15.4 Å². The Hall–Kier alpha value is -1.43. The van der Waals surface area contributed by atoms with Crippen molar-refractivity contribution in [2.75, 3.05) is 0 Å². The van der Waals surface area contributed by atoms with Crippen LogP contribution in [-0.4, -0.2) is 26.7 Å². The number of carbonyl (C=O) groups is 1. The minimum absolute atomic E-state index is 0.201. The lowest BCUT2D eigenvalue weighted by molar-refractivity contribution is -0.122. The van der Waals surface area contributed by atoms with Gasteiger partial charge in [-0.15, -0.1) is 0 Å². The molecule has 1 atom stereocenters. The predicted molar refractivity (Wildman–Crippen MR) is 46.5 cm³/mol. The molecule has 6 nitrogen and oxygen atoms in total. The fourth-order valence-electron chi connectivity index (χ4n) is 0.792. The summed E-state index contributed by atoms with van der Waals surface area (Å²) < 4.78 is 1.58. The van der Waals surface area contributed by atoms with E-state index in [-0.39, 0.29) is 5.91 Å². The van der Waals surface area contributed by atoms with Gasteiger partial charge in [0, 0.05) is 7.05 Å². The van der Waals surface area contributed by atoms with E-state index in [4.69, 9.17) is 5.73 Å². The van der Waals surface area contributed by atoms with Gasteiger partial charge in [-0.2, -0.15) is 5.10 Å². The smallest absolute Gasteiger partial charge is 0.237 e. The predicted octanol–water partition coefficient (Wildman–Crippen LogP) is -1.22. The van der Waals surface area contributed by atoms with E-state index >= 15 is 0 Å². The molecule has 6 heteroatoms. The van der Waals surface area contributed by atoms with Crippen molar-refractivity contribution in [3.8, 4) is 0 Å². The van der Waals surface area contributed by atoms with Crippen LogP contribution in [-0.2, 0) is 18.4 Å². The summed E-state index contributed by atoms with van der Waals surface area (Å²) in [6.45, 7) is 1.95. The second kappa shape index (κ2) is 3.99. The van der Waals surface area contributed by atoms with Gasteiger partial charge in [0.2, 0.25) is 5.91 Å². The van der Waals surface area contributed by atoms with Crippen LogP contribution < -0.4 is 11.1 Å². The molecule has 0 saturated carbocycles. The largest absolute Gasteiger partial charge is 0.347 e. The second-order valence-electron chi connectivity index (χ2n) is 2.84. The Morgan fingerprint density at radius 2 is 2.54 bits per heavy atom. The number of hydrogen-bond acceptors (Lipinski definition) is 4. The molecule has 0 saturated heterocycles. The maximum atomic E-state index is 11.0. The summed E-state index contributed by atoms with van der Waals surface area (Å²) in [5.74, 6) is 0.379. The summed E-state index contributed by atoms with van der Waals surface area (Å²) in [6, 6.07) is -0.497. The first kappa shape index (κ1) is 9.66. The molecule has 3 N–H and O–H groups in total. The van der Waals surface area contributed by atoms with Crippen LogP contribution in [0.5, 0.6) is 0 Å². The van der Waals surface area contributed by atoms with E-state index in [1.165, 1.54) is 0 Å². The fourth-order valence-corrected chi connectivity index (χ4v) is 0.792. The van der Waals surface area contributed by atoms with Gasteiger partial charge in [-0.05, 0) is 6.92 Å². The SMILES string of the molecule is C[C@@H](N)C(=O)NCc1ncn(C)n1. The molecule has 0 aliphatic carbocycles. The lowest BCUT2D eigenvalue weighted by Crippen LogP contribution is -2.38. The molecular weight excluding hydrogens is 170 g/mol. The van der Waals surface area contributed by atoms with Crippen LogP contribution in [0.15, 0.2) is 6.33 Å². The van der Waals surface area contributed by atoms with Gasteiger partial charge in [0.05, 0.1) is 12.6 Å². The minimum atomic E-state index is -0.497. The van der Waals surface area contributed by atoms with Gasteiger partial charge >= 0.3 is 0 Å². The number of aromatic nitrogens is 3. The normalized spacial score (nSPS) is 12.5. The van der Waals surface area contributed by atoms with Crippen molar-refractivity contribution in [1.82, 2.24) is 20.1 Å². The zero-order valence-corrected chi connectivity index (χ0v) is 7.69. The first-order valence-electron chi connectivity index (χ1n) is 3.97. The van der Waals surface area contributed by atoms with Crippen molar-refractivity contribution in [3.63, 3.8) is 0 Å². The van der Waals surface area contributed by atoms with Crippen molar-refractivity contribution in [2.45, 2.75) is 19.5 Å². The molecule has 0 radical (unpaired) electrons. The van der Waals surface area contributed by atoms with Crippen molar-refractivity contribution in [3.05, 3.63) is 12.2 Å². The van der Waals surface area contributed by atoms with E-state index in [1.807, 2.05) is 0 Å². The highest BCUT2D eigenvalue weighted by molar-refractivity contribution is 5.80. The van der Waals surface area contributed by atoms with Crippen molar-refractivity contribution in [2.24, 2.45) is 12.8 Å². The zero-order chi connectivity index (χ0) is 9.84. The average molecular weight is 183 g/mol. The van der Waals surface area contributed by atoms with E-state index in [0.29, 0.717) is 12.4 Å². The molecule has 0 aromatic carbocycles. The minimum Gasteiger partial charge on any atom is -0.347 e. The molecule has 72 valence electrons. The Kier molecular flexibility index (Phi) is 2.97. The summed E-state index contributed by atoms with van der Waals surface area (Å²) in [6.07, 6.45) is 1.58. The third-order valence-corrected chi connectivity index (χ3v) is 1.48. The van der Waals surface area contributed by atoms with Crippen LogP contribution in [0, 0.1) is 0 Å². The quantitative estimate of drug-likeness (QED) is 0.615. The molecule has 0 spiro atoms. The number of nitrogens with two attached hydrogens (primary N) is 1. The molecule has 0 bridgehead atoms. The number of nitrogens with zero attached hydrogens (tertiary/aromatic N) is 3. The molecule has 0 unspecified atom stereocenters. The topological polar surface area (TPSA) is 85.8 Å². The summed E-state index contributed by atoms with van der Waals surface area (Å²) in [7, 11) is 1.77. The monoisotopic (exact) mass is 183 g/mol. The number of rotatable bonds is 3. The molecule has 1 heterocycles. The Labute approximate surface area is 76.1 Å². The van der Waals surface area contributed by atoms with E-state index in [1.54, 1.807) is 25.0 Å². The van der Waals surface area contributed by atoms with Gasteiger partial charge in [0.25, 0.3) is 0 Å². The highest BCUT2D eigenvalue weighted by Crippen LogP contribution is 1.87. The highest BCUT2D eigenvalue weighted by Gasteiger charge is 2.07. The highest BCUT2D eigenvalue weighted by atomic mass is 16.2. The lowest BCUT2D eigenvalue weighted by atomic mass is 10.3. The molecule has 0 aliphatic rings. The van der Waals surface area contributed by atoms with Crippen LogP contribution in [0.3, 0.4) is 0 Å². The summed E-state index contributed by atoms with van der Waals surface area (Å²) in [4.78, 5) is 15.0. The van der Waals surface area contributed by atoms with Gasteiger partial charge in [0.15, 0.2) is 5.82 Å². The number of amides is 1. The Morgan fingerprint density at radius 3 is 3.00 bits per heavy atom. The lowest BCUT2D eigenvalue weighted by Gasteiger charge is -2.04. The van der Waals surface area contributed by atoms with Crippen LogP contribution in [0.4, 0.5) is 0 Å². The zero-order valence-electron chi connectivity index (χ0n) is 7.69. The molecular formula is C7H13N5O. The summed E-state index contributed by atoms with van der Waals surface area (Å²) >= 11 is 0. The third-order valence-electron chi connectivity index (χ3n) is 1.48. The van der Waals surface area contributed by atoms with Crippen LogP contribution >= 0.6 is 0 Å². The van der Waals surface area contributed by atoms with Gasteiger partial charge in [-0.25, -0.2) is 4.98 Å². The van der Waals surface area contributed by atoms with Crippen molar-refractivity contribution in [1.29, 1.82) is 0 Å². The Bertz CT molecular complexity index is 293. The number of hydrogen-bond donors (Lipinski definition) is 2. The summed E-state index contributed by atoms with van der Waals surface area (Å²) in [5, 5.41) is 6.60. The van der Waals surface area contributed by atoms with Crippen molar-refractivity contribution < 1.29 is 4.79 Å². The maximum Gasteiger partial charge on any atom is 0.237 e. The van der Waals surface area contributed by atoms with E-state index < -0.39 is 6.04 Å². The van der Waals surface area contributed by atoms with Gasteiger partial charge in [0.1, 0.15) is 6.33 Å². The summed E-state index contributed by atoms with van der Waals surface area (Å²) in [5.41, 5.74) is 5.35. The average Bonchev–Trinajstić information content (AvgIpc) is 2.47. The van der Waals surface area contributed by atoms with Gasteiger partial charge in [-0.3, -0.25) is 9.48 Å². The first-order chi connectivity index (χ1) is 6.09. The van der Waals surface area contributed by atoms with Crippen molar-refractivity contribution >= 4 is 5.91 Å². The molecule has 13 heavy (non-hydrogen) atoms. The molecule has 1 rings (SSSR count). The molecule has 1 amide bonds. The van der Waals surface area contributed by atoms with Crippen LogP contribution in [0.2, 0.25) is 0 Å². The van der Waals surface area contributed by atoms with Gasteiger partial charge in [-0.1, -0.05) is 0 Å². The van der Waals surface area contributed by atoms with Crippen LogP contribution in [0.1, 0.15) is 12.7 Å². The Balaban J connectivity index is 2.39. The molecule has 1 aromatic heterocycles. The third kappa shape index (κ3) is 2.83. The van der Waals surface area contributed by atoms with Crippen LogP contribution in [0.25, 0.3) is 0 Å². The van der Waals surface area contributed by atoms with E-state index in [9.17, 15) is 4.79 Å². The van der Waals surface area contributed by atoms with Gasteiger partial charge < -0.3 is 11.1 Å². The standard InChI is InChI=1S/C7H13N5O/c1-5(8)7(13)9-3-6-10-4-12(2)11-6/h4-5H,3,8H2,1-2H3,(H,9,13)/t5-/m1/s1. The second-order valence-corrected chi connectivity index (χ2v) is 2.84. The number of carbonyl (C=O) groups excluding carboxylic acids is 1. The molecule has 1 aromatic rings. The fraction of sp³-hybridized carbons (Fsp3) is 0.571. The Morgan fingerprint density at radius 1 is 1.85 bits per heavy atom. The number of aryl methyl sites for hydroxylation is 1. The number of nitrogens with one attached hydrogen (secondary N) is 1. The van der Waals surface area contributed by atoms with E-state index in [0.717, 1.165) is 0 Å².